The number of aromatic nitrogens is 2. The highest BCUT2D eigenvalue weighted by molar-refractivity contribution is 9.10. The quantitative estimate of drug-likeness (QED) is 0.664. The number of benzene rings is 2. The second-order valence-corrected chi connectivity index (χ2v) is 5.46. The van der Waals surface area contributed by atoms with Gasteiger partial charge in [0, 0.05) is 5.56 Å². The van der Waals surface area contributed by atoms with Gasteiger partial charge in [-0.15, -0.1) is 0 Å². The Morgan fingerprint density at radius 1 is 1.22 bits per heavy atom. The largest absolute Gasteiger partial charge is 0.497 e. The summed E-state index contributed by atoms with van der Waals surface area (Å²) in [4.78, 5) is 4.27. The van der Waals surface area contributed by atoms with E-state index in [1.165, 1.54) is 18.2 Å². The highest BCUT2D eigenvalue weighted by Gasteiger charge is 2.11. The van der Waals surface area contributed by atoms with Gasteiger partial charge in [-0.3, -0.25) is 0 Å². The predicted octanol–water partition coefficient (Wildman–Crippen LogP) is 4.23. The monoisotopic (exact) mass is 378 g/mol. The summed E-state index contributed by atoms with van der Waals surface area (Å²) < 4.78 is 29.4. The molecule has 3 rings (SSSR count). The minimum absolute atomic E-state index is 0.0845. The Bertz CT molecular complexity index is 823. The van der Waals surface area contributed by atoms with E-state index in [-0.39, 0.29) is 12.4 Å². The molecule has 0 fully saturated rings. The molecular formula is C16H12BrFN2O3. The lowest BCUT2D eigenvalue weighted by atomic mass is 10.2. The molecule has 5 nitrogen and oxygen atoms in total. The Balaban J connectivity index is 1.72. The molecule has 0 unspecified atom stereocenters. The van der Waals surface area contributed by atoms with Crippen LogP contribution in [-0.4, -0.2) is 17.3 Å². The highest BCUT2D eigenvalue weighted by Crippen LogP contribution is 2.26. The molecule has 0 amide bonds. The van der Waals surface area contributed by atoms with E-state index in [4.69, 9.17) is 14.0 Å². The molecule has 7 heteroatoms. The van der Waals surface area contributed by atoms with Crippen molar-refractivity contribution in [2.24, 2.45) is 0 Å². The molecule has 0 N–H and O–H groups in total. The van der Waals surface area contributed by atoms with Crippen LogP contribution in [0, 0.1) is 5.82 Å². The Morgan fingerprint density at radius 2 is 2.09 bits per heavy atom. The molecule has 0 aliphatic carbocycles. The summed E-state index contributed by atoms with van der Waals surface area (Å²) in [5.41, 5.74) is 0.780. The third-order valence-electron chi connectivity index (χ3n) is 3.04. The first-order valence-corrected chi connectivity index (χ1v) is 7.50. The van der Waals surface area contributed by atoms with Crippen LogP contribution in [0.15, 0.2) is 51.5 Å². The topological polar surface area (TPSA) is 57.4 Å². The van der Waals surface area contributed by atoms with Crippen LogP contribution < -0.4 is 9.47 Å². The first-order chi connectivity index (χ1) is 11.2. The molecule has 0 bridgehead atoms. The molecule has 0 aliphatic heterocycles. The Hall–Kier alpha value is -2.41. The summed E-state index contributed by atoms with van der Waals surface area (Å²) >= 11 is 3.23. The molecule has 3 aromatic rings. The van der Waals surface area contributed by atoms with Gasteiger partial charge in [0.15, 0.2) is 6.61 Å². The van der Waals surface area contributed by atoms with Crippen LogP contribution in [0.4, 0.5) is 4.39 Å². The smallest absolute Gasteiger partial charge is 0.264 e. The summed E-state index contributed by atoms with van der Waals surface area (Å²) in [5, 5.41) is 3.92. The molecule has 0 radical (unpaired) electrons. The van der Waals surface area contributed by atoms with Crippen molar-refractivity contribution >= 4 is 15.9 Å². The Labute approximate surface area is 140 Å². The molecule has 23 heavy (non-hydrogen) atoms. The van der Waals surface area contributed by atoms with Gasteiger partial charge in [0.05, 0.1) is 11.6 Å². The maximum atomic E-state index is 13.0. The van der Waals surface area contributed by atoms with Gasteiger partial charge in [0.1, 0.15) is 17.3 Å². The fourth-order valence-corrected chi connectivity index (χ4v) is 2.39. The Kier molecular flexibility index (Phi) is 4.57. The second kappa shape index (κ2) is 6.78. The maximum absolute atomic E-state index is 13.0. The summed E-state index contributed by atoms with van der Waals surface area (Å²) in [5.74, 6) is 1.62. The van der Waals surface area contributed by atoms with Gasteiger partial charge in [0.2, 0.25) is 5.82 Å². The number of nitrogens with zero attached hydrogens (tertiary/aromatic N) is 2. The van der Waals surface area contributed by atoms with E-state index in [1.54, 1.807) is 7.11 Å². The summed E-state index contributed by atoms with van der Waals surface area (Å²) in [7, 11) is 1.59. The van der Waals surface area contributed by atoms with E-state index < -0.39 is 0 Å². The third-order valence-corrected chi connectivity index (χ3v) is 3.66. The number of hydrogen-bond donors (Lipinski definition) is 0. The van der Waals surface area contributed by atoms with Crippen LogP contribution in [0.2, 0.25) is 0 Å². The summed E-state index contributed by atoms with van der Waals surface area (Å²) in [6.45, 7) is 0.0845. The van der Waals surface area contributed by atoms with Crippen molar-refractivity contribution in [1.29, 1.82) is 0 Å². The van der Waals surface area contributed by atoms with Crippen LogP contribution in [-0.2, 0) is 6.61 Å². The number of halogens is 2. The lowest BCUT2D eigenvalue weighted by molar-refractivity contribution is 0.241. The average molecular weight is 379 g/mol. The molecule has 0 saturated carbocycles. The molecule has 118 valence electrons. The maximum Gasteiger partial charge on any atom is 0.264 e. The zero-order chi connectivity index (χ0) is 16.2. The van der Waals surface area contributed by atoms with Crippen molar-refractivity contribution in [3.05, 3.63) is 58.6 Å². The molecule has 0 spiro atoms. The third kappa shape index (κ3) is 3.68. The minimum Gasteiger partial charge on any atom is -0.497 e. The average Bonchev–Trinajstić information content (AvgIpc) is 3.03. The van der Waals surface area contributed by atoms with E-state index in [0.717, 1.165) is 5.56 Å². The second-order valence-electron chi connectivity index (χ2n) is 4.61. The van der Waals surface area contributed by atoms with E-state index in [0.29, 0.717) is 27.7 Å². The lowest BCUT2D eigenvalue weighted by Crippen LogP contribution is -1.96. The number of rotatable bonds is 5. The van der Waals surface area contributed by atoms with Gasteiger partial charge < -0.3 is 14.0 Å². The molecule has 0 saturated heterocycles. The van der Waals surface area contributed by atoms with Crippen molar-refractivity contribution in [2.75, 3.05) is 7.11 Å². The first-order valence-electron chi connectivity index (χ1n) is 6.70. The standard InChI is InChI=1S/C16H12BrFN2O3/c1-21-12-4-2-3-10(7-12)16-19-15(23-20-16)9-22-14-6-5-11(18)8-13(14)17/h2-8H,9H2,1H3. The van der Waals surface area contributed by atoms with Crippen molar-refractivity contribution in [2.45, 2.75) is 6.61 Å². The lowest BCUT2D eigenvalue weighted by Gasteiger charge is -2.05. The zero-order valence-electron chi connectivity index (χ0n) is 12.1. The van der Waals surface area contributed by atoms with Crippen LogP contribution in [0.25, 0.3) is 11.4 Å². The minimum atomic E-state index is -0.345. The van der Waals surface area contributed by atoms with Crippen molar-refractivity contribution in [3.8, 4) is 22.9 Å². The molecule has 1 heterocycles. The summed E-state index contributed by atoms with van der Waals surface area (Å²) in [6, 6.07) is 11.5. The van der Waals surface area contributed by atoms with Crippen molar-refractivity contribution in [1.82, 2.24) is 10.1 Å². The van der Waals surface area contributed by atoms with Crippen LogP contribution >= 0.6 is 15.9 Å². The molecule has 2 aromatic carbocycles. The molecule has 1 aromatic heterocycles. The summed E-state index contributed by atoms with van der Waals surface area (Å²) in [6.07, 6.45) is 0. The normalized spacial score (nSPS) is 10.6. The van der Waals surface area contributed by atoms with Gasteiger partial charge in [-0.2, -0.15) is 4.98 Å². The number of hydrogen-bond acceptors (Lipinski definition) is 5. The van der Waals surface area contributed by atoms with Gasteiger partial charge >= 0.3 is 0 Å². The van der Waals surface area contributed by atoms with Crippen molar-refractivity contribution in [3.63, 3.8) is 0 Å². The first kappa shape index (κ1) is 15.5. The van der Waals surface area contributed by atoms with Crippen molar-refractivity contribution < 1.29 is 18.4 Å². The fraction of sp³-hybridized carbons (Fsp3) is 0.125. The zero-order valence-corrected chi connectivity index (χ0v) is 13.7. The highest BCUT2D eigenvalue weighted by atomic mass is 79.9. The van der Waals surface area contributed by atoms with E-state index in [2.05, 4.69) is 26.1 Å². The number of methoxy groups -OCH3 is 1. The van der Waals surface area contributed by atoms with Gasteiger partial charge in [-0.1, -0.05) is 17.3 Å². The van der Waals surface area contributed by atoms with Gasteiger partial charge in [-0.25, -0.2) is 4.39 Å². The van der Waals surface area contributed by atoms with E-state index in [1.807, 2.05) is 24.3 Å². The van der Waals surface area contributed by atoms with Crippen LogP contribution in [0.3, 0.4) is 0 Å². The number of ether oxygens (including phenoxy) is 2. The molecule has 0 aliphatic rings. The fourth-order valence-electron chi connectivity index (χ4n) is 1.92. The van der Waals surface area contributed by atoms with Crippen LogP contribution in [0.5, 0.6) is 11.5 Å². The predicted molar refractivity (Wildman–Crippen MR) is 84.7 cm³/mol. The van der Waals surface area contributed by atoms with Gasteiger partial charge in [-0.05, 0) is 46.3 Å². The van der Waals surface area contributed by atoms with Crippen LogP contribution in [0.1, 0.15) is 5.89 Å². The molecular weight excluding hydrogens is 367 g/mol. The molecule has 0 atom stereocenters. The Morgan fingerprint density at radius 3 is 2.87 bits per heavy atom. The van der Waals surface area contributed by atoms with E-state index in [9.17, 15) is 4.39 Å². The SMILES string of the molecule is COc1cccc(-c2noc(COc3ccc(F)cc3Br)n2)c1. The van der Waals surface area contributed by atoms with E-state index >= 15 is 0 Å². The van der Waals surface area contributed by atoms with Gasteiger partial charge in [0.25, 0.3) is 5.89 Å².